The van der Waals surface area contributed by atoms with Gasteiger partial charge in [-0.25, -0.2) is 5.43 Å². The molecule has 2 rings (SSSR count). The smallest absolute Gasteiger partial charge is 0.271 e. The van der Waals surface area contributed by atoms with E-state index >= 15 is 0 Å². The van der Waals surface area contributed by atoms with Crippen LogP contribution in [0.1, 0.15) is 27.6 Å². The zero-order valence-electron chi connectivity index (χ0n) is 9.90. The van der Waals surface area contributed by atoms with Gasteiger partial charge in [0.15, 0.2) is 0 Å². The molecule has 1 atom stereocenters. The number of nitrogens with one attached hydrogen (secondary N) is 1. The number of halogens is 3. The van der Waals surface area contributed by atoms with Gasteiger partial charge >= 0.3 is 6.18 Å². The molecule has 0 aliphatic carbocycles. The maximum atomic E-state index is 12.6. The van der Waals surface area contributed by atoms with E-state index in [1.54, 1.807) is 6.92 Å². The Hall–Kier alpha value is -1.51. The quantitative estimate of drug-likeness (QED) is 0.672. The largest absolute Gasteiger partial charge is 0.416 e. The van der Waals surface area contributed by atoms with Crippen LogP contribution in [-0.2, 0) is 6.18 Å². The minimum Gasteiger partial charge on any atom is -0.271 e. The average molecular weight is 288 g/mol. The Morgan fingerprint density at radius 3 is 2.58 bits per heavy atom. The molecule has 2 aromatic rings. The highest BCUT2D eigenvalue weighted by atomic mass is 32.1. The maximum absolute atomic E-state index is 12.6. The van der Waals surface area contributed by atoms with E-state index in [1.165, 1.54) is 12.3 Å². The van der Waals surface area contributed by atoms with E-state index in [0.717, 1.165) is 28.5 Å². The van der Waals surface area contributed by atoms with E-state index in [-0.39, 0.29) is 0 Å². The van der Waals surface area contributed by atoms with Crippen LogP contribution in [0.15, 0.2) is 24.4 Å². The number of aromatic nitrogens is 2. The van der Waals surface area contributed by atoms with Gasteiger partial charge in [0.25, 0.3) is 0 Å². The lowest BCUT2D eigenvalue weighted by Crippen LogP contribution is -2.29. The van der Waals surface area contributed by atoms with Crippen molar-refractivity contribution in [2.24, 2.45) is 5.84 Å². The van der Waals surface area contributed by atoms with Crippen molar-refractivity contribution in [3.8, 4) is 0 Å². The lowest BCUT2D eigenvalue weighted by atomic mass is 9.98. The Labute approximate surface area is 111 Å². The predicted octanol–water partition coefficient (Wildman–Crippen LogP) is 2.42. The molecular formula is C11H11F3N4S. The van der Waals surface area contributed by atoms with Gasteiger partial charge in [-0.1, -0.05) is 10.6 Å². The van der Waals surface area contributed by atoms with E-state index in [4.69, 9.17) is 5.84 Å². The topological polar surface area (TPSA) is 63.8 Å². The first-order valence-corrected chi connectivity index (χ1v) is 6.12. The summed E-state index contributed by atoms with van der Waals surface area (Å²) in [5.74, 6) is 5.47. The van der Waals surface area contributed by atoms with E-state index in [1.807, 2.05) is 0 Å². The fraction of sp³-hybridized carbons (Fsp3) is 0.273. The number of nitrogens with zero attached hydrogens (tertiary/aromatic N) is 2. The number of nitrogens with two attached hydrogens (primary N) is 1. The minimum absolute atomic E-state index is 0.415. The summed E-state index contributed by atoms with van der Waals surface area (Å²) in [6, 6.07) is 3.15. The van der Waals surface area contributed by atoms with Gasteiger partial charge in [0, 0.05) is 0 Å². The average Bonchev–Trinajstić information content (AvgIpc) is 2.84. The minimum atomic E-state index is -4.35. The molecule has 0 saturated carbocycles. The van der Waals surface area contributed by atoms with Crippen LogP contribution >= 0.6 is 11.5 Å². The molecule has 0 bridgehead atoms. The molecule has 0 radical (unpaired) electrons. The van der Waals surface area contributed by atoms with Gasteiger partial charge < -0.3 is 0 Å². The summed E-state index contributed by atoms with van der Waals surface area (Å²) in [5, 5.41) is 3.70. The molecule has 0 aliphatic heterocycles. The van der Waals surface area contributed by atoms with Crippen LogP contribution in [-0.4, -0.2) is 9.59 Å². The number of hydrogen-bond acceptors (Lipinski definition) is 5. The molecule has 3 N–H and O–H groups in total. The number of alkyl halides is 3. The fourth-order valence-corrected chi connectivity index (χ4v) is 2.39. The molecule has 1 aromatic heterocycles. The molecule has 1 heterocycles. The highest BCUT2D eigenvalue weighted by Crippen LogP contribution is 2.33. The standard InChI is InChI=1S/C11H11F3N4S/c1-6-4-7(11(12,13)14)2-3-8(6)10(17-15)9-5-16-18-19-9/h2-5,10,17H,15H2,1H3. The summed E-state index contributed by atoms with van der Waals surface area (Å²) in [4.78, 5) is 0.741. The van der Waals surface area contributed by atoms with Crippen molar-refractivity contribution >= 4 is 11.5 Å². The third-order valence-corrected chi connectivity index (χ3v) is 3.47. The molecule has 4 nitrogen and oxygen atoms in total. The second kappa shape index (κ2) is 5.24. The Kier molecular flexibility index (Phi) is 3.83. The fourth-order valence-electron chi connectivity index (χ4n) is 1.80. The molecule has 0 saturated heterocycles. The van der Waals surface area contributed by atoms with E-state index < -0.39 is 17.8 Å². The molecule has 19 heavy (non-hydrogen) atoms. The van der Waals surface area contributed by atoms with Crippen LogP contribution in [0.3, 0.4) is 0 Å². The summed E-state index contributed by atoms with van der Waals surface area (Å²) in [5.41, 5.74) is 3.07. The van der Waals surface area contributed by atoms with Crippen LogP contribution in [0.2, 0.25) is 0 Å². The van der Waals surface area contributed by atoms with Gasteiger partial charge in [-0.3, -0.25) is 5.84 Å². The third-order valence-electron chi connectivity index (χ3n) is 2.74. The third kappa shape index (κ3) is 2.91. The van der Waals surface area contributed by atoms with Crippen molar-refractivity contribution < 1.29 is 13.2 Å². The monoisotopic (exact) mass is 288 g/mol. The Morgan fingerprint density at radius 2 is 2.11 bits per heavy atom. The molecular weight excluding hydrogens is 277 g/mol. The lowest BCUT2D eigenvalue weighted by molar-refractivity contribution is -0.137. The molecule has 1 aromatic carbocycles. The number of rotatable bonds is 3. The first-order valence-electron chi connectivity index (χ1n) is 5.34. The van der Waals surface area contributed by atoms with Crippen molar-refractivity contribution in [3.63, 3.8) is 0 Å². The summed E-state index contributed by atoms with van der Waals surface area (Å²) in [7, 11) is 0. The van der Waals surface area contributed by atoms with Crippen LogP contribution in [0, 0.1) is 6.92 Å². The maximum Gasteiger partial charge on any atom is 0.416 e. The normalized spacial score (nSPS) is 13.5. The molecule has 1 unspecified atom stereocenters. The number of hydrogen-bond donors (Lipinski definition) is 2. The van der Waals surface area contributed by atoms with E-state index in [9.17, 15) is 13.2 Å². The molecule has 102 valence electrons. The van der Waals surface area contributed by atoms with E-state index in [2.05, 4.69) is 15.0 Å². The van der Waals surface area contributed by atoms with Crippen LogP contribution in [0.25, 0.3) is 0 Å². The molecule has 0 spiro atoms. The molecule has 8 heteroatoms. The molecule has 0 fully saturated rings. The van der Waals surface area contributed by atoms with Gasteiger partial charge in [-0.2, -0.15) is 13.2 Å². The van der Waals surface area contributed by atoms with Crippen molar-refractivity contribution in [3.05, 3.63) is 46.0 Å². The van der Waals surface area contributed by atoms with Crippen LogP contribution in [0.5, 0.6) is 0 Å². The summed E-state index contributed by atoms with van der Waals surface area (Å²) in [6.45, 7) is 1.61. The second-order valence-corrected chi connectivity index (χ2v) is 4.81. The number of aryl methyl sites for hydroxylation is 1. The van der Waals surface area contributed by atoms with Crippen molar-refractivity contribution in [1.82, 2.24) is 15.0 Å². The SMILES string of the molecule is Cc1cc(C(F)(F)F)ccc1C(NN)c1cnns1. The summed E-state index contributed by atoms with van der Waals surface area (Å²) < 4.78 is 41.5. The van der Waals surface area contributed by atoms with Crippen molar-refractivity contribution in [2.75, 3.05) is 0 Å². The zero-order valence-corrected chi connectivity index (χ0v) is 10.7. The van der Waals surface area contributed by atoms with Gasteiger partial charge in [0.05, 0.1) is 22.7 Å². The van der Waals surface area contributed by atoms with Crippen LogP contribution < -0.4 is 11.3 Å². The van der Waals surface area contributed by atoms with Gasteiger partial charge in [-0.15, -0.1) is 5.10 Å². The first-order chi connectivity index (χ1) is 8.93. The second-order valence-electron chi connectivity index (χ2n) is 3.99. The zero-order chi connectivity index (χ0) is 14.0. The summed E-state index contributed by atoms with van der Waals surface area (Å²) in [6.07, 6.45) is -2.81. The van der Waals surface area contributed by atoms with Crippen LogP contribution in [0.4, 0.5) is 13.2 Å². The Balaban J connectivity index is 2.40. The Bertz CT molecular complexity index is 554. The van der Waals surface area contributed by atoms with Crippen molar-refractivity contribution in [2.45, 2.75) is 19.1 Å². The summed E-state index contributed by atoms with van der Waals surface area (Å²) >= 11 is 1.14. The van der Waals surface area contributed by atoms with E-state index in [0.29, 0.717) is 11.1 Å². The van der Waals surface area contributed by atoms with Crippen molar-refractivity contribution in [1.29, 1.82) is 0 Å². The molecule has 0 aliphatic rings. The van der Waals surface area contributed by atoms with Gasteiger partial charge in [-0.05, 0) is 41.7 Å². The predicted molar refractivity (Wildman–Crippen MR) is 65.3 cm³/mol. The highest BCUT2D eigenvalue weighted by molar-refractivity contribution is 7.05. The van der Waals surface area contributed by atoms with Gasteiger partial charge in [0.2, 0.25) is 0 Å². The Morgan fingerprint density at radius 1 is 1.37 bits per heavy atom. The highest BCUT2D eigenvalue weighted by Gasteiger charge is 2.31. The first kappa shape index (κ1) is 13.9. The number of hydrazine groups is 1. The lowest BCUT2D eigenvalue weighted by Gasteiger charge is -2.17. The number of benzene rings is 1. The molecule has 0 amide bonds. The van der Waals surface area contributed by atoms with Gasteiger partial charge in [0.1, 0.15) is 0 Å².